The summed E-state index contributed by atoms with van der Waals surface area (Å²) in [5.41, 5.74) is 3.24. The Morgan fingerprint density at radius 2 is 2.08 bits per heavy atom. The van der Waals surface area contributed by atoms with Gasteiger partial charge in [-0.05, 0) is 31.9 Å². The van der Waals surface area contributed by atoms with Crippen molar-refractivity contribution in [1.82, 2.24) is 25.2 Å². The maximum atomic E-state index is 12.3. The van der Waals surface area contributed by atoms with E-state index in [9.17, 15) is 4.79 Å². The molecule has 7 nitrogen and oxygen atoms in total. The van der Waals surface area contributed by atoms with Crippen LogP contribution in [0.1, 0.15) is 29.1 Å². The Bertz CT molecular complexity index is 731. The number of nitrogens with one attached hydrogen (secondary N) is 2. The van der Waals surface area contributed by atoms with Crippen molar-refractivity contribution < 1.29 is 4.79 Å². The number of hydrogen-bond donors (Lipinski definition) is 2. The summed E-state index contributed by atoms with van der Waals surface area (Å²) in [6.07, 6.45) is 5.29. The summed E-state index contributed by atoms with van der Waals surface area (Å²) in [7, 11) is 0. The van der Waals surface area contributed by atoms with Crippen LogP contribution in [0, 0.1) is 13.8 Å². The van der Waals surface area contributed by atoms with Gasteiger partial charge in [0.05, 0.1) is 12.2 Å². The van der Waals surface area contributed by atoms with E-state index in [2.05, 4.69) is 25.6 Å². The van der Waals surface area contributed by atoms with E-state index in [-0.39, 0.29) is 6.03 Å². The first kappa shape index (κ1) is 17.1. The second-order valence-electron chi connectivity index (χ2n) is 6.29. The fraction of sp³-hybridized carbons (Fsp3) is 0.444. The Balaban J connectivity index is 1.38. The number of aromatic nitrogens is 3. The van der Waals surface area contributed by atoms with Crippen molar-refractivity contribution in [2.24, 2.45) is 0 Å². The van der Waals surface area contributed by atoms with Gasteiger partial charge in [0.1, 0.15) is 11.6 Å². The number of pyridine rings is 1. The molecule has 0 bridgehead atoms. The Hall–Kier alpha value is -2.70. The van der Waals surface area contributed by atoms with E-state index in [4.69, 9.17) is 0 Å². The van der Waals surface area contributed by atoms with Gasteiger partial charge in [-0.3, -0.25) is 0 Å². The zero-order valence-electron chi connectivity index (χ0n) is 14.7. The first-order valence-electron chi connectivity index (χ1n) is 8.62. The summed E-state index contributed by atoms with van der Waals surface area (Å²) in [6.45, 7) is 6.57. The smallest absolute Gasteiger partial charge is 0.317 e. The van der Waals surface area contributed by atoms with Crippen LogP contribution in [0.4, 0.5) is 10.6 Å². The van der Waals surface area contributed by atoms with E-state index < -0.39 is 0 Å². The minimum atomic E-state index is -0.0281. The van der Waals surface area contributed by atoms with E-state index in [0.717, 1.165) is 47.8 Å². The number of aryl methyl sites for hydroxylation is 2. The molecule has 0 aliphatic carbocycles. The topological polar surface area (TPSA) is 83.0 Å². The summed E-state index contributed by atoms with van der Waals surface area (Å²) in [4.78, 5) is 27.1. The third kappa shape index (κ3) is 4.65. The molecular formula is C18H24N6O. The molecule has 132 valence electrons. The number of rotatable bonds is 5. The molecule has 0 spiro atoms. The Labute approximate surface area is 147 Å². The maximum absolute atomic E-state index is 12.3. The van der Waals surface area contributed by atoms with Crippen LogP contribution in [-0.4, -0.2) is 45.5 Å². The number of anilines is 1. The zero-order valence-corrected chi connectivity index (χ0v) is 14.7. The predicted molar refractivity (Wildman–Crippen MR) is 96.4 cm³/mol. The molecule has 2 amide bonds. The van der Waals surface area contributed by atoms with Crippen molar-refractivity contribution in [2.75, 3.05) is 25.0 Å². The molecule has 0 unspecified atom stereocenters. The lowest BCUT2D eigenvalue weighted by atomic mass is 10.1. The number of carbonyl (C=O) groups excluding carboxylic acids is 1. The van der Waals surface area contributed by atoms with Gasteiger partial charge in [-0.2, -0.15) is 0 Å². The van der Waals surface area contributed by atoms with Crippen LogP contribution < -0.4 is 10.6 Å². The molecule has 1 aliphatic rings. The summed E-state index contributed by atoms with van der Waals surface area (Å²) in [5, 5.41) is 6.23. The Morgan fingerprint density at radius 1 is 1.20 bits per heavy atom. The average molecular weight is 340 g/mol. The lowest BCUT2D eigenvalue weighted by molar-refractivity contribution is 0.192. The van der Waals surface area contributed by atoms with Crippen molar-refractivity contribution in [3.8, 4) is 0 Å². The highest BCUT2D eigenvalue weighted by Crippen LogP contribution is 2.16. The van der Waals surface area contributed by atoms with Crippen LogP contribution in [0.25, 0.3) is 0 Å². The summed E-state index contributed by atoms with van der Waals surface area (Å²) in [6, 6.07) is 3.96. The lowest BCUT2D eigenvalue weighted by Crippen LogP contribution is -2.43. The first-order chi connectivity index (χ1) is 12.1. The average Bonchev–Trinajstić information content (AvgIpc) is 2.62. The number of fused-ring (bicyclic) bond motifs is 1. The molecule has 2 N–H and O–H groups in total. The fourth-order valence-electron chi connectivity index (χ4n) is 2.77. The molecule has 0 saturated heterocycles. The molecule has 0 saturated carbocycles. The van der Waals surface area contributed by atoms with Crippen molar-refractivity contribution in [2.45, 2.75) is 33.2 Å². The molecule has 2 aromatic rings. The minimum Gasteiger partial charge on any atom is -0.370 e. The van der Waals surface area contributed by atoms with Gasteiger partial charge in [-0.1, -0.05) is 6.07 Å². The highest BCUT2D eigenvalue weighted by atomic mass is 16.2. The molecule has 25 heavy (non-hydrogen) atoms. The van der Waals surface area contributed by atoms with E-state index in [1.54, 1.807) is 0 Å². The van der Waals surface area contributed by atoms with E-state index in [1.807, 2.05) is 43.3 Å². The van der Waals surface area contributed by atoms with Crippen LogP contribution in [0.3, 0.4) is 0 Å². The van der Waals surface area contributed by atoms with Crippen LogP contribution >= 0.6 is 0 Å². The van der Waals surface area contributed by atoms with Crippen molar-refractivity contribution in [3.63, 3.8) is 0 Å². The Kier molecular flexibility index (Phi) is 5.42. The third-order valence-corrected chi connectivity index (χ3v) is 4.19. The summed E-state index contributed by atoms with van der Waals surface area (Å²) >= 11 is 0. The molecular weight excluding hydrogens is 316 g/mol. The van der Waals surface area contributed by atoms with Gasteiger partial charge in [0.15, 0.2) is 0 Å². The number of hydrogen-bond acceptors (Lipinski definition) is 5. The van der Waals surface area contributed by atoms with E-state index in [0.29, 0.717) is 19.6 Å². The summed E-state index contributed by atoms with van der Waals surface area (Å²) in [5.74, 6) is 1.65. The zero-order chi connectivity index (χ0) is 17.6. The van der Waals surface area contributed by atoms with Gasteiger partial charge in [-0.25, -0.2) is 19.7 Å². The first-order valence-corrected chi connectivity index (χ1v) is 8.62. The fourth-order valence-corrected chi connectivity index (χ4v) is 2.77. The Morgan fingerprint density at radius 3 is 2.88 bits per heavy atom. The van der Waals surface area contributed by atoms with Gasteiger partial charge >= 0.3 is 6.03 Å². The van der Waals surface area contributed by atoms with Gasteiger partial charge in [-0.15, -0.1) is 0 Å². The molecule has 2 aromatic heterocycles. The van der Waals surface area contributed by atoms with Crippen LogP contribution in [0.5, 0.6) is 0 Å². The molecule has 0 aromatic carbocycles. The highest BCUT2D eigenvalue weighted by molar-refractivity contribution is 5.74. The SMILES string of the molecule is Cc1ccc(NCCCNC(=O)N2CCc3nc(C)ncc3C2)nc1. The van der Waals surface area contributed by atoms with Crippen LogP contribution in [0.15, 0.2) is 24.5 Å². The molecule has 3 rings (SSSR count). The van der Waals surface area contributed by atoms with E-state index in [1.165, 1.54) is 0 Å². The molecule has 0 atom stereocenters. The molecule has 7 heteroatoms. The quantitative estimate of drug-likeness (QED) is 0.814. The molecule has 0 radical (unpaired) electrons. The standard InChI is InChI=1S/C18H24N6O/c1-13-4-5-17(22-10-13)19-7-3-8-20-18(25)24-9-6-16-15(12-24)11-21-14(2)23-16/h4-5,10-11H,3,6-9,12H2,1-2H3,(H,19,22)(H,20,25). The lowest BCUT2D eigenvalue weighted by Gasteiger charge is -2.28. The maximum Gasteiger partial charge on any atom is 0.317 e. The van der Waals surface area contributed by atoms with Crippen molar-refractivity contribution >= 4 is 11.8 Å². The second kappa shape index (κ2) is 7.92. The van der Waals surface area contributed by atoms with Crippen molar-refractivity contribution in [3.05, 3.63) is 47.2 Å². The van der Waals surface area contributed by atoms with Gasteiger partial charge < -0.3 is 15.5 Å². The van der Waals surface area contributed by atoms with Gasteiger partial charge in [0.25, 0.3) is 0 Å². The minimum absolute atomic E-state index is 0.0281. The van der Waals surface area contributed by atoms with Crippen LogP contribution in [-0.2, 0) is 13.0 Å². The highest BCUT2D eigenvalue weighted by Gasteiger charge is 2.21. The third-order valence-electron chi connectivity index (χ3n) is 4.19. The van der Waals surface area contributed by atoms with E-state index >= 15 is 0 Å². The van der Waals surface area contributed by atoms with Gasteiger partial charge in [0.2, 0.25) is 0 Å². The second-order valence-corrected chi connectivity index (χ2v) is 6.29. The normalized spacial score (nSPS) is 13.3. The monoisotopic (exact) mass is 340 g/mol. The predicted octanol–water partition coefficient (Wildman–Crippen LogP) is 2.06. The number of nitrogens with zero attached hydrogens (tertiary/aromatic N) is 4. The number of urea groups is 1. The van der Waals surface area contributed by atoms with Crippen molar-refractivity contribution in [1.29, 1.82) is 0 Å². The molecule has 3 heterocycles. The largest absolute Gasteiger partial charge is 0.370 e. The number of carbonyl (C=O) groups is 1. The number of amides is 2. The summed E-state index contributed by atoms with van der Waals surface area (Å²) < 4.78 is 0. The van der Waals surface area contributed by atoms with Gasteiger partial charge in [0, 0.05) is 44.0 Å². The molecule has 1 aliphatic heterocycles. The molecule has 0 fully saturated rings. The van der Waals surface area contributed by atoms with Crippen LogP contribution in [0.2, 0.25) is 0 Å².